The Kier molecular flexibility index (Phi) is 4.25. The van der Waals surface area contributed by atoms with Gasteiger partial charge in [-0.3, -0.25) is 0 Å². The Labute approximate surface area is 110 Å². The number of esters is 1. The largest absolute Gasteiger partial charge is 0.465 e. The number of hydrogen-bond acceptors (Lipinski definition) is 6. The third kappa shape index (κ3) is 3.38. The monoisotopic (exact) mass is 261 g/mol. The normalized spacial score (nSPS) is 10.4. The number of carbonyl (C=O) groups is 1. The fourth-order valence-corrected chi connectivity index (χ4v) is 1.70. The molecule has 0 aliphatic heterocycles. The summed E-state index contributed by atoms with van der Waals surface area (Å²) in [5.41, 5.74) is 1.42. The predicted octanol–water partition coefficient (Wildman–Crippen LogP) is 1.45. The molecule has 6 heteroatoms. The molecule has 0 aliphatic carbocycles. The highest BCUT2D eigenvalue weighted by atomic mass is 16.5. The lowest BCUT2D eigenvalue weighted by molar-refractivity contribution is 0.0599. The van der Waals surface area contributed by atoms with Gasteiger partial charge in [-0.1, -0.05) is 23.4 Å². The van der Waals surface area contributed by atoms with E-state index in [9.17, 15) is 4.79 Å². The van der Waals surface area contributed by atoms with Gasteiger partial charge in [-0.15, -0.1) is 0 Å². The molecule has 1 aromatic carbocycles. The molecule has 19 heavy (non-hydrogen) atoms. The van der Waals surface area contributed by atoms with Crippen molar-refractivity contribution in [2.24, 2.45) is 0 Å². The molecule has 0 atom stereocenters. The summed E-state index contributed by atoms with van der Waals surface area (Å²) in [4.78, 5) is 15.7. The van der Waals surface area contributed by atoms with Crippen molar-refractivity contribution in [3.63, 3.8) is 0 Å². The molecule has 0 unspecified atom stereocenters. The highest BCUT2D eigenvalue weighted by Crippen LogP contribution is 2.10. The van der Waals surface area contributed by atoms with Crippen molar-refractivity contribution in [1.82, 2.24) is 15.5 Å². The van der Waals surface area contributed by atoms with Crippen LogP contribution < -0.4 is 5.32 Å². The first-order valence-electron chi connectivity index (χ1n) is 5.87. The van der Waals surface area contributed by atoms with Gasteiger partial charge in [0.15, 0.2) is 5.82 Å². The molecule has 100 valence electrons. The fraction of sp³-hybridized carbons (Fsp3) is 0.308. The van der Waals surface area contributed by atoms with Gasteiger partial charge in [-0.05, 0) is 18.6 Å². The molecular formula is C13H15N3O3. The Balaban J connectivity index is 1.97. The fourth-order valence-electron chi connectivity index (χ4n) is 1.70. The second-order valence-electron chi connectivity index (χ2n) is 3.99. The predicted molar refractivity (Wildman–Crippen MR) is 67.4 cm³/mol. The van der Waals surface area contributed by atoms with E-state index in [1.54, 1.807) is 19.1 Å². The maximum absolute atomic E-state index is 11.6. The second-order valence-corrected chi connectivity index (χ2v) is 3.99. The smallest absolute Gasteiger partial charge is 0.338 e. The van der Waals surface area contributed by atoms with E-state index in [2.05, 4.69) is 15.5 Å². The lowest BCUT2D eigenvalue weighted by Crippen LogP contribution is -2.16. The lowest BCUT2D eigenvalue weighted by atomic mass is 10.1. The zero-order valence-corrected chi connectivity index (χ0v) is 10.8. The summed E-state index contributed by atoms with van der Waals surface area (Å²) in [5, 5.41) is 6.85. The van der Waals surface area contributed by atoms with Gasteiger partial charge in [0.2, 0.25) is 5.89 Å². The molecule has 0 fully saturated rings. The van der Waals surface area contributed by atoms with Crippen molar-refractivity contribution in [2.75, 3.05) is 7.11 Å². The van der Waals surface area contributed by atoms with Crippen LogP contribution in [0.5, 0.6) is 0 Å². The van der Waals surface area contributed by atoms with Crippen LogP contribution in [-0.2, 0) is 17.8 Å². The molecule has 2 rings (SSSR count). The van der Waals surface area contributed by atoms with E-state index in [1.807, 2.05) is 12.1 Å². The number of ether oxygens (including phenoxy) is 1. The molecule has 0 saturated carbocycles. The van der Waals surface area contributed by atoms with Crippen LogP contribution in [0.4, 0.5) is 0 Å². The van der Waals surface area contributed by atoms with Crippen LogP contribution in [0.2, 0.25) is 0 Å². The van der Waals surface area contributed by atoms with Gasteiger partial charge in [0.1, 0.15) is 0 Å². The van der Waals surface area contributed by atoms with Crippen molar-refractivity contribution in [1.29, 1.82) is 0 Å². The summed E-state index contributed by atoms with van der Waals surface area (Å²) in [6, 6.07) is 7.29. The summed E-state index contributed by atoms with van der Waals surface area (Å²) >= 11 is 0. The van der Waals surface area contributed by atoms with Gasteiger partial charge >= 0.3 is 5.97 Å². The number of nitrogens with one attached hydrogen (secondary N) is 1. The number of methoxy groups -OCH3 is 1. The number of rotatable bonds is 5. The summed E-state index contributed by atoms with van der Waals surface area (Å²) in [6.07, 6.45) is 0. The Morgan fingerprint density at radius 1 is 1.37 bits per heavy atom. The first-order valence-corrected chi connectivity index (χ1v) is 5.87. The Hall–Kier alpha value is -2.21. The zero-order chi connectivity index (χ0) is 13.7. The van der Waals surface area contributed by atoms with E-state index < -0.39 is 0 Å². The Bertz CT molecular complexity index is 566. The zero-order valence-electron chi connectivity index (χ0n) is 10.8. The second kappa shape index (κ2) is 6.10. The van der Waals surface area contributed by atoms with Gasteiger partial charge < -0.3 is 14.6 Å². The van der Waals surface area contributed by atoms with Gasteiger partial charge in [-0.2, -0.15) is 4.98 Å². The van der Waals surface area contributed by atoms with E-state index in [0.29, 0.717) is 30.4 Å². The number of nitrogens with zero attached hydrogens (tertiary/aromatic N) is 2. The van der Waals surface area contributed by atoms with Gasteiger partial charge in [0, 0.05) is 6.54 Å². The molecule has 0 bridgehead atoms. The summed E-state index contributed by atoms with van der Waals surface area (Å²) in [6.45, 7) is 2.74. The Morgan fingerprint density at radius 2 is 2.16 bits per heavy atom. The average molecular weight is 261 g/mol. The maximum Gasteiger partial charge on any atom is 0.338 e. The molecule has 1 aromatic heterocycles. The van der Waals surface area contributed by atoms with Crippen molar-refractivity contribution in [3.05, 3.63) is 47.1 Å². The van der Waals surface area contributed by atoms with Gasteiger partial charge in [0.25, 0.3) is 0 Å². The van der Waals surface area contributed by atoms with E-state index in [0.717, 1.165) is 5.56 Å². The molecular weight excluding hydrogens is 246 g/mol. The third-order valence-corrected chi connectivity index (χ3v) is 2.58. The minimum Gasteiger partial charge on any atom is -0.465 e. The standard InChI is InChI=1S/C13H15N3O3/c1-9-15-12(19-16-9)8-14-7-10-5-3-4-6-11(10)13(17)18-2/h3-6,14H,7-8H2,1-2H3. The molecule has 0 saturated heterocycles. The number of aromatic nitrogens is 2. The van der Waals surface area contributed by atoms with Crippen LogP contribution in [0, 0.1) is 6.92 Å². The lowest BCUT2D eigenvalue weighted by Gasteiger charge is -2.07. The van der Waals surface area contributed by atoms with Crippen molar-refractivity contribution >= 4 is 5.97 Å². The Morgan fingerprint density at radius 3 is 2.84 bits per heavy atom. The maximum atomic E-state index is 11.6. The van der Waals surface area contributed by atoms with Crippen LogP contribution in [0.25, 0.3) is 0 Å². The minimum absolute atomic E-state index is 0.342. The SMILES string of the molecule is COC(=O)c1ccccc1CNCc1nc(C)no1. The van der Waals surface area contributed by atoms with Crippen LogP contribution in [-0.4, -0.2) is 23.2 Å². The quantitative estimate of drug-likeness (QED) is 0.821. The number of benzene rings is 1. The molecule has 0 aliphatic rings. The van der Waals surface area contributed by atoms with Crippen LogP contribution >= 0.6 is 0 Å². The summed E-state index contributed by atoms with van der Waals surface area (Å²) < 4.78 is 9.72. The third-order valence-electron chi connectivity index (χ3n) is 2.58. The van der Waals surface area contributed by atoms with Gasteiger partial charge in [0.05, 0.1) is 19.2 Å². The average Bonchev–Trinajstić information content (AvgIpc) is 2.84. The molecule has 0 amide bonds. The van der Waals surface area contributed by atoms with Gasteiger partial charge in [-0.25, -0.2) is 4.79 Å². The number of aryl methyl sites for hydroxylation is 1. The van der Waals surface area contributed by atoms with E-state index in [4.69, 9.17) is 9.26 Å². The van der Waals surface area contributed by atoms with Crippen LogP contribution in [0.3, 0.4) is 0 Å². The highest BCUT2D eigenvalue weighted by molar-refractivity contribution is 5.90. The molecule has 6 nitrogen and oxygen atoms in total. The van der Waals surface area contributed by atoms with Crippen molar-refractivity contribution in [3.8, 4) is 0 Å². The van der Waals surface area contributed by atoms with E-state index in [-0.39, 0.29) is 5.97 Å². The first kappa shape index (κ1) is 13.2. The summed E-state index contributed by atoms with van der Waals surface area (Å²) in [7, 11) is 1.37. The number of carbonyl (C=O) groups excluding carboxylic acids is 1. The topological polar surface area (TPSA) is 77.2 Å². The number of hydrogen-bond donors (Lipinski definition) is 1. The van der Waals surface area contributed by atoms with Crippen LogP contribution in [0.1, 0.15) is 27.6 Å². The highest BCUT2D eigenvalue weighted by Gasteiger charge is 2.10. The van der Waals surface area contributed by atoms with Crippen LogP contribution in [0.15, 0.2) is 28.8 Å². The molecule has 0 radical (unpaired) electrons. The molecule has 1 heterocycles. The summed E-state index contributed by atoms with van der Waals surface area (Å²) in [5.74, 6) is 0.783. The molecule has 2 aromatic rings. The first-order chi connectivity index (χ1) is 9.20. The molecule has 1 N–H and O–H groups in total. The minimum atomic E-state index is -0.342. The van der Waals surface area contributed by atoms with E-state index in [1.165, 1.54) is 7.11 Å². The van der Waals surface area contributed by atoms with Crippen molar-refractivity contribution < 1.29 is 14.1 Å². The molecule has 0 spiro atoms. The van der Waals surface area contributed by atoms with E-state index >= 15 is 0 Å². The van der Waals surface area contributed by atoms with Crippen molar-refractivity contribution in [2.45, 2.75) is 20.0 Å².